The Balaban J connectivity index is 1.89. The molecule has 2 N–H and O–H groups in total. The van der Waals surface area contributed by atoms with Crippen LogP contribution in [0.5, 0.6) is 0 Å². The molecule has 0 unspecified atom stereocenters. The summed E-state index contributed by atoms with van der Waals surface area (Å²) in [6.45, 7) is 3.99. The number of hydrogen-bond acceptors (Lipinski definition) is 3. The summed E-state index contributed by atoms with van der Waals surface area (Å²) in [5, 5.41) is 0. The van der Waals surface area contributed by atoms with Gasteiger partial charge < -0.3 is 4.98 Å². The summed E-state index contributed by atoms with van der Waals surface area (Å²) >= 11 is 0. The fourth-order valence-electron chi connectivity index (χ4n) is 2.45. The number of fused-ring (bicyclic) bond motifs is 1. The first-order valence-corrected chi connectivity index (χ1v) is 9.24. The van der Waals surface area contributed by atoms with Gasteiger partial charge in [0.1, 0.15) is 0 Å². The third-order valence-electron chi connectivity index (χ3n) is 3.86. The summed E-state index contributed by atoms with van der Waals surface area (Å²) in [5.41, 5.74) is 1.32. The van der Waals surface area contributed by atoms with Gasteiger partial charge in [-0.2, -0.15) is 13.2 Å². The first kappa shape index (κ1) is 18.2. The Kier molecular flexibility index (Phi) is 4.43. The topological polar surface area (TPSA) is 74.8 Å². The zero-order valence-electron chi connectivity index (χ0n) is 13.9. The van der Waals surface area contributed by atoms with Crippen molar-refractivity contribution in [1.29, 1.82) is 0 Å². The van der Waals surface area contributed by atoms with E-state index in [1.54, 1.807) is 12.1 Å². The Labute approximate surface area is 148 Å². The van der Waals surface area contributed by atoms with Gasteiger partial charge in [0.25, 0.3) is 10.0 Å². The first-order chi connectivity index (χ1) is 12.1. The van der Waals surface area contributed by atoms with E-state index in [1.165, 1.54) is 30.3 Å². The molecule has 9 heteroatoms. The van der Waals surface area contributed by atoms with E-state index in [9.17, 15) is 21.6 Å². The molecule has 0 saturated carbocycles. The fourth-order valence-corrected chi connectivity index (χ4v) is 3.50. The Hall–Kier alpha value is -2.55. The number of nitrogens with zero attached hydrogens (tertiary/aromatic N) is 1. The van der Waals surface area contributed by atoms with Crippen molar-refractivity contribution in [2.75, 3.05) is 4.72 Å². The van der Waals surface area contributed by atoms with Gasteiger partial charge in [-0.25, -0.2) is 13.4 Å². The number of H-pyrrole nitrogens is 1. The standard InChI is InChI=1S/C17H16F3N3O2S/c1-10(2)11-3-6-13(7-4-11)26(24,25)23-12-5-8-14-15(9-12)22-16(21-14)17(18,19)20/h3-10,23H,1-2H3,(H,21,22). The fraction of sp³-hybridized carbons (Fsp3) is 0.235. The molecule has 0 aliphatic carbocycles. The maximum Gasteiger partial charge on any atom is 0.449 e. The van der Waals surface area contributed by atoms with Gasteiger partial charge in [-0.15, -0.1) is 0 Å². The van der Waals surface area contributed by atoms with E-state index in [1.807, 2.05) is 13.8 Å². The minimum atomic E-state index is -4.60. The number of alkyl halides is 3. The molecule has 1 aromatic heterocycles. The lowest BCUT2D eigenvalue weighted by molar-refractivity contribution is -0.144. The Morgan fingerprint density at radius 2 is 1.73 bits per heavy atom. The van der Waals surface area contributed by atoms with Crippen LogP contribution in [0, 0.1) is 0 Å². The highest BCUT2D eigenvalue weighted by molar-refractivity contribution is 7.92. The van der Waals surface area contributed by atoms with E-state index in [0.29, 0.717) is 0 Å². The largest absolute Gasteiger partial charge is 0.449 e. The van der Waals surface area contributed by atoms with Crippen LogP contribution in [0.4, 0.5) is 18.9 Å². The molecule has 138 valence electrons. The second-order valence-corrected chi connectivity index (χ2v) is 7.83. The summed E-state index contributed by atoms with van der Waals surface area (Å²) in [6, 6.07) is 10.4. The van der Waals surface area contributed by atoms with Gasteiger partial charge in [0.05, 0.1) is 21.6 Å². The second-order valence-electron chi connectivity index (χ2n) is 6.14. The number of anilines is 1. The number of hydrogen-bond donors (Lipinski definition) is 2. The minimum Gasteiger partial charge on any atom is -0.334 e. The van der Waals surface area contributed by atoms with Gasteiger partial charge in [-0.1, -0.05) is 26.0 Å². The van der Waals surface area contributed by atoms with Crippen molar-refractivity contribution in [2.45, 2.75) is 30.8 Å². The van der Waals surface area contributed by atoms with Crippen molar-refractivity contribution in [2.24, 2.45) is 0 Å². The van der Waals surface area contributed by atoms with Crippen molar-refractivity contribution in [3.05, 3.63) is 53.9 Å². The lowest BCUT2D eigenvalue weighted by Crippen LogP contribution is -2.13. The van der Waals surface area contributed by atoms with Crippen LogP contribution in [0.25, 0.3) is 11.0 Å². The van der Waals surface area contributed by atoms with Gasteiger partial charge in [0.15, 0.2) is 0 Å². The van der Waals surface area contributed by atoms with Gasteiger partial charge >= 0.3 is 6.18 Å². The zero-order valence-corrected chi connectivity index (χ0v) is 14.7. The molecular weight excluding hydrogens is 367 g/mol. The van der Waals surface area contributed by atoms with E-state index >= 15 is 0 Å². The van der Waals surface area contributed by atoms with Gasteiger partial charge in [-0.05, 0) is 41.8 Å². The molecule has 0 atom stereocenters. The molecule has 0 radical (unpaired) electrons. The molecule has 0 aliphatic rings. The average molecular weight is 383 g/mol. The van der Waals surface area contributed by atoms with Crippen LogP contribution in [0.2, 0.25) is 0 Å². The molecule has 26 heavy (non-hydrogen) atoms. The van der Waals surface area contributed by atoms with E-state index in [0.717, 1.165) is 5.56 Å². The van der Waals surface area contributed by atoms with E-state index in [4.69, 9.17) is 0 Å². The van der Waals surface area contributed by atoms with Crippen LogP contribution >= 0.6 is 0 Å². The van der Waals surface area contributed by atoms with Gasteiger partial charge in [0.2, 0.25) is 5.82 Å². The van der Waals surface area contributed by atoms with Crippen LogP contribution in [0.1, 0.15) is 31.2 Å². The summed E-state index contributed by atoms with van der Waals surface area (Å²) in [5.74, 6) is -0.860. The molecule has 1 heterocycles. The number of imidazole rings is 1. The number of halogens is 3. The molecule has 0 saturated heterocycles. The van der Waals surface area contributed by atoms with Crippen molar-refractivity contribution in [1.82, 2.24) is 9.97 Å². The number of benzene rings is 2. The number of aromatic nitrogens is 2. The number of nitrogens with one attached hydrogen (secondary N) is 2. The lowest BCUT2D eigenvalue weighted by atomic mass is 10.0. The molecule has 5 nitrogen and oxygen atoms in total. The van der Waals surface area contributed by atoms with Crippen LogP contribution < -0.4 is 4.72 Å². The van der Waals surface area contributed by atoms with E-state index < -0.39 is 22.0 Å². The quantitative estimate of drug-likeness (QED) is 0.696. The summed E-state index contributed by atoms with van der Waals surface area (Å²) in [6.07, 6.45) is -4.60. The molecule has 0 bridgehead atoms. The lowest BCUT2D eigenvalue weighted by Gasteiger charge is -2.10. The molecule has 0 fully saturated rings. The van der Waals surface area contributed by atoms with Crippen LogP contribution in [-0.2, 0) is 16.2 Å². The average Bonchev–Trinajstić information content (AvgIpc) is 2.98. The molecule has 0 amide bonds. The highest BCUT2D eigenvalue weighted by Gasteiger charge is 2.34. The van der Waals surface area contributed by atoms with E-state index in [2.05, 4.69) is 14.7 Å². The first-order valence-electron chi connectivity index (χ1n) is 7.76. The monoisotopic (exact) mass is 383 g/mol. The minimum absolute atomic E-state index is 0.0210. The Morgan fingerprint density at radius 3 is 2.31 bits per heavy atom. The number of rotatable bonds is 4. The smallest absolute Gasteiger partial charge is 0.334 e. The Morgan fingerprint density at radius 1 is 1.08 bits per heavy atom. The highest BCUT2D eigenvalue weighted by Crippen LogP contribution is 2.29. The maximum atomic E-state index is 12.7. The van der Waals surface area contributed by atoms with Crippen molar-refractivity contribution in [3.63, 3.8) is 0 Å². The predicted molar refractivity (Wildman–Crippen MR) is 92.4 cm³/mol. The van der Waals surface area contributed by atoms with Crippen LogP contribution in [0.3, 0.4) is 0 Å². The molecule has 3 rings (SSSR count). The molecular formula is C17H16F3N3O2S. The van der Waals surface area contributed by atoms with Gasteiger partial charge in [0, 0.05) is 0 Å². The summed E-state index contributed by atoms with van der Waals surface area (Å²) in [7, 11) is -3.86. The van der Waals surface area contributed by atoms with Crippen molar-refractivity contribution >= 4 is 26.7 Å². The number of aromatic amines is 1. The van der Waals surface area contributed by atoms with Crippen molar-refractivity contribution in [3.8, 4) is 0 Å². The predicted octanol–water partition coefficient (Wildman–Crippen LogP) is 4.51. The van der Waals surface area contributed by atoms with Crippen molar-refractivity contribution < 1.29 is 21.6 Å². The SMILES string of the molecule is CC(C)c1ccc(S(=O)(=O)Nc2ccc3[nH]c(C(F)(F)F)nc3c2)cc1. The molecule has 3 aromatic rings. The molecule has 0 aliphatic heterocycles. The molecule has 0 spiro atoms. The summed E-state index contributed by atoms with van der Waals surface area (Å²) in [4.78, 5) is 5.69. The van der Waals surface area contributed by atoms with Crippen LogP contribution in [0.15, 0.2) is 47.4 Å². The Bertz CT molecular complexity index is 1040. The number of sulfonamides is 1. The summed E-state index contributed by atoms with van der Waals surface area (Å²) < 4.78 is 65.4. The highest BCUT2D eigenvalue weighted by atomic mass is 32.2. The second kappa shape index (κ2) is 6.31. The third kappa shape index (κ3) is 3.67. The normalized spacial score (nSPS) is 12.7. The van der Waals surface area contributed by atoms with E-state index in [-0.39, 0.29) is 27.5 Å². The zero-order chi connectivity index (χ0) is 19.1. The molecule has 2 aromatic carbocycles. The third-order valence-corrected chi connectivity index (χ3v) is 5.26. The maximum absolute atomic E-state index is 12.7. The van der Waals surface area contributed by atoms with Gasteiger partial charge in [-0.3, -0.25) is 4.72 Å². The van der Waals surface area contributed by atoms with Crippen LogP contribution in [-0.4, -0.2) is 18.4 Å².